The number of carbonyl (C=O) groups excluding carboxylic acids is 1. The Morgan fingerprint density at radius 1 is 1.05 bits per heavy atom. The molecule has 0 amide bonds. The van der Waals surface area contributed by atoms with Crippen LogP contribution >= 0.6 is 15.9 Å². The molecule has 0 saturated heterocycles. The van der Waals surface area contributed by atoms with Gasteiger partial charge in [-0.3, -0.25) is 4.79 Å². The Bertz CT molecular complexity index is 510. The van der Waals surface area contributed by atoms with Crippen LogP contribution in [-0.2, 0) is 4.79 Å². The number of ketones is 1. The van der Waals surface area contributed by atoms with Gasteiger partial charge in [-0.15, -0.1) is 0 Å². The van der Waals surface area contributed by atoms with E-state index < -0.39 is 0 Å². The fourth-order valence-corrected chi connectivity index (χ4v) is 7.47. The number of carbonyl (C=O) groups is 1. The van der Waals surface area contributed by atoms with Crippen molar-refractivity contribution in [2.24, 2.45) is 28.6 Å². The van der Waals surface area contributed by atoms with E-state index in [1.807, 2.05) is 0 Å². The summed E-state index contributed by atoms with van der Waals surface area (Å²) in [6.45, 7) is 4.80. The van der Waals surface area contributed by atoms with Gasteiger partial charge in [-0.1, -0.05) is 47.8 Å². The average molecular weight is 351 g/mol. The maximum Gasteiger partial charge on any atom is 0.139 e. The van der Waals surface area contributed by atoms with Crippen LogP contribution in [0.3, 0.4) is 0 Å². The molecule has 0 spiro atoms. The van der Waals surface area contributed by atoms with E-state index in [1.54, 1.807) is 5.57 Å². The van der Waals surface area contributed by atoms with Gasteiger partial charge in [-0.2, -0.15) is 0 Å². The molecule has 4 aliphatic rings. The predicted molar refractivity (Wildman–Crippen MR) is 89.4 cm³/mol. The van der Waals surface area contributed by atoms with Crippen molar-refractivity contribution in [3.05, 3.63) is 11.6 Å². The molecule has 116 valence electrons. The Hall–Kier alpha value is -0.110. The third kappa shape index (κ3) is 1.84. The third-order valence-corrected chi connectivity index (χ3v) is 8.59. The Labute approximate surface area is 137 Å². The highest BCUT2D eigenvalue weighted by molar-refractivity contribution is 9.09. The minimum Gasteiger partial charge on any atom is -0.299 e. The predicted octanol–water partition coefficient (Wildman–Crippen LogP) is 5.28. The maximum atomic E-state index is 12.4. The quantitative estimate of drug-likeness (QED) is 0.429. The van der Waals surface area contributed by atoms with Crippen LogP contribution in [0.25, 0.3) is 0 Å². The molecular formula is C19H27BrO. The highest BCUT2D eigenvalue weighted by Gasteiger charge is 2.59. The van der Waals surface area contributed by atoms with E-state index in [-0.39, 0.29) is 5.41 Å². The van der Waals surface area contributed by atoms with Gasteiger partial charge in [0.25, 0.3) is 0 Å². The zero-order valence-corrected chi connectivity index (χ0v) is 14.9. The molecule has 0 N–H and O–H groups in total. The lowest BCUT2D eigenvalue weighted by Gasteiger charge is -2.57. The van der Waals surface area contributed by atoms with Gasteiger partial charge in [0, 0.05) is 16.7 Å². The van der Waals surface area contributed by atoms with E-state index >= 15 is 0 Å². The van der Waals surface area contributed by atoms with E-state index in [2.05, 4.69) is 35.9 Å². The third-order valence-electron chi connectivity index (χ3n) is 7.71. The molecule has 4 rings (SSSR count). The second kappa shape index (κ2) is 4.69. The average Bonchev–Trinajstić information content (AvgIpc) is 2.76. The number of fused-ring (bicyclic) bond motifs is 5. The number of hydrogen-bond donors (Lipinski definition) is 0. The topological polar surface area (TPSA) is 17.1 Å². The Balaban J connectivity index is 1.76. The standard InChI is InChI=1S/C19H27BrO/c1-18-9-4-3-5-12(18)11-15(20)17-13-6-7-16(21)19(13,2)10-8-14(17)18/h11,13-15,17H,3-10H2,1-2H3/t13-,14+,15?,17-,18-,19-/m0/s1. The second-order valence-electron chi connectivity index (χ2n) is 8.47. The van der Waals surface area contributed by atoms with Gasteiger partial charge >= 0.3 is 0 Å². The van der Waals surface area contributed by atoms with Gasteiger partial charge in [0.15, 0.2) is 0 Å². The van der Waals surface area contributed by atoms with Crippen LogP contribution in [0, 0.1) is 28.6 Å². The zero-order valence-electron chi connectivity index (χ0n) is 13.3. The largest absolute Gasteiger partial charge is 0.299 e. The van der Waals surface area contributed by atoms with Gasteiger partial charge in [0.1, 0.15) is 5.78 Å². The summed E-state index contributed by atoms with van der Waals surface area (Å²) in [6.07, 6.45) is 12.4. The molecule has 3 saturated carbocycles. The normalized spacial score (nSPS) is 52.7. The molecule has 1 unspecified atom stereocenters. The van der Waals surface area contributed by atoms with Crippen molar-refractivity contribution in [1.82, 2.24) is 0 Å². The van der Waals surface area contributed by atoms with E-state index in [0.717, 1.165) is 25.2 Å². The van der Waals surface area contributed by atoms with Crippen LogP contribution in [0.4, 0.5) is 0 Å². The maximum absolute atomic E-state index is 12.4. The van der Waals surface area contributed by atoms with Gasteiger partial charge in [-0.25, -0.2) is 0 Å². The van der Waals surface area contributed by atoms with E-state index in [4.69, 9.17) is 0 Å². The Morgan fingerprint density at radius 3 is 2.62 bits per heavy atom. The number of rotatable bonds is 0. The van der Waals surface area contributed by atoms with Gasteiger partial charge < -0.3 is 0 Å². The van der Waals surface area contributed by atoms with Gasteiger partial charge in [0.2, 0.25) is 0 Å². The fraction of sp³-hybridized carbons (Fsp3) is 0.842. The number of hydrogen-bond acceptors (Lipinski definition) is 1. The number of alkyl halides is 1. The monoisotopic (exact) mass is 350 g/mol. The number of Topliss-reactive ketones (excluding diaryl/α,β-unsaturated/α-hetero) is 1. The lowest BCUT2D eigenvalue weighted by atomic mass is 9.48. The zero-order chi connectivity index (χ0) is 14.8. The summed E-state index contributed by atoms with van der Waals surface area (Å²) in [4.78, 5) is 12.9. The summed E-state index contributed by atoms with van der Waals surface area (Å²) in [5.74, 6) is 2.65. The first kappa shape index (κ1) is 14.5. The first-order valence-electron chi connectivity index (χ1n) is 8.85. The van der Waals surface area contributed by atoms with Crippen LogP contribution in [0.1, 0.15) is 65.2 Å². The first-order chi connectivity index (χ1) is 9.97. The molecule has 0 aromatic heterocycles. The fourth-order valence-electron chi connectivity index (χ4n) is 6.41. The Kier molecular flexibility index (Phi) is 3.24. The summed E-state index contributed by atoms with van der Waals surface area (Å²) >= 11 is 4.01. The summed E-state index contributed by atoms with van der Waals surface area (Å²) in [7, 11) is 0. The summed E-state index contributed by atoms with van der Waals surface area (Å²) in [6, 6.07) is 0. The lowest BCUT2D eigenvalue weighted by molar-refractivity contribution is -0.131. The SMILES string of the molecule is C[C@]12CCCCC1=CC(Br)[C@@H]1[C@H]2CC[C@]2(C)C(=O)CC[C@@H]12. The van der Waals surface area contributed by atoms with Gasteiger partial charge in [0.05, 0.1) is 0 Å². The lowest BCUT2D eigenvalue weighted by Crippen LogP contribution is -2.52. The van der Waals surface area contributed by atoms with E-state index in [9.17, 15) is 4.79 Å². The summed E-state index contributed by atoms with van der Waals surface area (Å²) in [5, 5.41) is 0. The van der Waals surface area contributed by atoms with Crippen molar-refractivity contribution in [3.8, 4) is 0 Å². The Morgan fingerprint density at radius 2 is 1.81 bits per heavy atom. The molecule has 4 aliphatic carbocycles. The molecule has 6 atom stereocenters. The first-order valence-corrected chi connectivity index (χ1v) is 9.77. The summed E-state index contributed by atoms with van der Waals surface area (Å²) < 4.78 is 0. The van der Waals surface area contributed by atoms with Crippen molar-refractivity contribution in [1.29, 1.82) is 0 Å². The van der Waals surface area contributed by atoms with Gasteiger partial charge in [-0.05, 0) is 61.7 Å². The smallest absolute Gasteiger partial charge is 0.139 e. The van der Waals surface area contributed by atoms with Crippen LogP contribution in [-0.4, -0.2) is 10.6 Å². The van der Waals surface area contributed by atoms with E-state index in [1.165, 1.54) is 32.1 Å². The molecule has 1 nitrogen and oxygen atoms in total. The minimum atomic E-state index is -0.0104. The molecule has 0 aromatic carbocycles. The van der Waals surface area contributed by atoms with Crippen LogP contribution in [0.2, 0.25) is 0 Å². The second-order valence-corrected chi connectivity index (χ2v) is 9.53. The molecular weight excluding hydrogens is 324 g/mol. The molecule has 0 aromatic rings. The highest BCUT2D eigenvalue weighted by Crippen LogP contribution is 2.64. The van der Waals surface area contributed by atoms with E-state index in [0.29, 0.717) is 27.9 Å². The minimum absolute atomic E-state index is 0.0104. The van der Waals surface area contributed by atoms with Crippen molar-refractivity contribution in [2.45, 2.75) is 70.0 Å². The molecule has 2 heteroatoms. The van der Waals surface area contributed by atoms with Crippen molar-refractivity contribution < 1.29 is 4.79 Å². The molecule has 0 heterocycles. The van der Waals surface area contributed by atoms with Crippen LogP contribution < -0.4 is 0 Å². The van der Waals surface area contributed by atoms with Crippen molar-refractivity contribution >= 4 is 21.7 Å². The number of halogens is 1. The molecule has 0 radical (unpaired) electrons. The van der Waals surface area contributed by atoms with Crippen LogP contribution in [0.15, 0.2) is 11.6 Å². The summed E-state index contributed by atoms with van der Waals surface area (Å²) in [5.41, 5.74) is 2.15. The highest BCUT2D eigenvalue weighted by atomic mass is 79.9. The molecule has 0 bridgehead atoms. The molecule has 21 heavy (non-hydrogen) atoms. The van der Waals surface area contributed by atoms with Crippen LogP contribution in [0.5, 0.6) is 0 Å². The molecule has 0 aliphatic heterocycles. The van der Waals surface area contributed by atoms with Crippen molar-refractivity contribution in [2.75, 3.05) is 0 Å². The van der Waals surface area contributed by atoms with Crippen molar-refractivity contribution in [3.63, 3.8) is 0 Å². The molecule has 3 fully saturated rings. The number of allylic oxidation sites excluding steroid dienone is 2.